The predicted octanol–water partition coefficient (Wildman–Crippen LogP) is -1.76. The molecule has 58 heavy (non-hydrogen) atoms. The second-order valence-corrected chi connectivity index (χ2v) is 20.6. The largest absolute Gasteiger partial charge is 0.550 e. The first kappa shape index (κ1) is 43.5. The number of carboxylic acids is 3. The highest BCUT2D eigenvalue weighted by Gasteiger charge is 2.70. The number of fused-ring (bicyclic) bond motifs is 7. The summed E-state index contributed by atoms with van der Waals surface area (Å²) in [5, 5.41) is 89.2. The normalized spacial score (nSPS) is 52.6. The Bertz CT molecular complexity index is 1730. The molecule has 0 radical (unpaired) electrons. The van der Waals surface area contributed by atoms with Crippen LogP contribution < -0.4 is 15.3 Å². The SMILES string of the molecule is CC1(C)C(O[C@H]2OC(C(=O)[O-])[C@@H](O)[C@H](O)C2O[C@@H]2OC(C(=O)[O-])[C@@H](O)[C@H](O)C2O)CC[C@@]2(C)C1CC[C@]1(C)C2C(=O)C=C2C3C[C@@](C)(C(=O)[O-])CC[C@]3(C)CC[C@]21C. The summed E-state index contributed by atoms with van der Waals surface area (Å²) in [7, 11) is 0. The molecule has 4 saturated carbocycles. The zero-order valence-electron chi connectivity index (χ0n) is 34.3. The van der Waals surface area contributed by atoms with Gasteiger partial charge in [-0.3, -0.25) is 4.79 Å². The number of carbonyl (C=O) groups excluding carboxylic acids is 4. The Kier molecular flexibility index (Phi) is 10.7. The van der Waals surface area contributed by atoms with Gasteiger partial charge in [0.1, 0.15) is 48.8 Å². The summed E-state index contributed by atoms with van der Waals surface area (Å²) in [4.78, 5) is 50.9. The first-order valence-corrected chi connectivity index (χ1v) is 20.7. The number of carboxylic acid groups (broad SMARTS) is 3. The van der Waals surface area contributed by atoms with Crippen molar-refractivity contribution in [2.45, 2.75) is 174 Å². The molecule has 5 aliphatic carbocycles. The summed E-state index contributed by atoms with van der Waals surface area (Å²) in [6.07, 6.45) is -13.4. The number of carbonyl (C=O) groups is 4. The Hall–Kier alpha value is -2.54. The maximum absolute atomic E-state index is 14.8. The minimum Gasteiger partial charge on any atom is -0.550 e. The van der Waals surface area contributed by atoms with Gasteiger partial charge >= 0.3 is 0 Å². The van der Waals surface area contributed by atoms with Crippen LogP contribution in [0, 0.1) is 50.2 Å². The van der Waals surface area contributed by atoms with E-state index in [2.05, 4.69) is 27.7 Å². The zero-order chi connectivity index (χ0) is 42.9. The van der Waals surface area contributed by atoms with Gasteiger partial charge in [-0.05, 0) is 103 Å². The first-order chi connectivity index (χ1) is 26.8. The van der Waals surface area contributed by atoms with Crippen LogP contribution >= 0.6 is 0 Å². The number of aliphatic hydroxyl groups excluding tert-OH is 5. The van der Waals surface area contributed by atoms with Gasteiger partial charge in [-0.1, -0.05) is 54.0 Å². The molecule has 0 bridgehead atoms. The quantitative estimate of drug-likeness (QED) is 0.178. The van der Waals surface area contributed by atoms with Gasteiger partial charge in [0.2, 0.25) is 0 Å². The van der Waals surface area contributed by atoms with Crippen LogP contribution in [0.15, 0.2) is 11.6 Å². The van der Waals surface area contributed by atoms with E-state index in [4.69, 9.17) is 18.9 Å². The lowest BCUT2D eigenvalue weighted by Crippen LogP contribution is -2.68. The van der Waals surface area contributed by atoms with Crippen molar-refractivity contribution in [2.24, 2.45) is 50.2 Å². The number of aliphatic hydroxyl groups is 5. The molecule has 5 N–H and O–H groups in total. The second-order valence-electron chi connectivity index (χ2n) is 20.6. The highest BCUT2D eigenvalue weighted by Crippen LogP contribution is 2.75. The maximum Gasteiger partial charge on any atom is 0.187 e. The Morgan fingerprint density at radius 3 is 1.90 bits per heavy atom. The van der Waals surface area contributed by atoms with Gasteiger partial charge < -0.3 is 74.2 Å². The molecule has 0 aromatic heterocycles. The fourth-order valence-corrected chi connectivity index (χ4v) is 13.3. The van der Waals surface area contributed by atoms with Gasteiger partial charge in [-0.25, -0.2) is 0 Å². The molecular formula is C42H59O16-3. The number of hydrogen-bond acceptors (Lipinski definition) is 16. The van der Waals surface area contributed by atoms with E-state index in [-0.39, 0.29) is 34.4 Å². The molecule has 8 unspecified atom stereocenters. The van der Waals surface area contributed by atoms with Crippen molar-refractivity contribution < 1.29 is 79.0 Å². The Morgan fingerprint density at radius 2 is 1.29 bits per heavy atom. The van der Waals surface area contributed by atoms with E-state index in [9.17, 15) is 60.0 Å². The minimum atomic E-state index is -2.16. The predicted molar refractivity (Wildman–Crippen MR) is 192 cm³/mol. The van der Waals surface area contributed by atoms with Crippen LogP contribution in [0.1, 0.15) is 106 Å². The Labute approximate surface area is 337 Å². The van der Waals surface area contributed by atoms with E-state index >= 15 is 0 Å². The smallest absolute Gasteiger partial charge is 0.187 e. The van der Waals surface area contributed by atoms with E-state index in [1.54, 1.807) is 6.92 Å². The average molecular weight is 820 g/mol. The lowest BCUT2D eigenvalue weighted by Gasteiger charge is -2.70. The molecule has 0 amide bonds. The van der Waals surface area contributed by atoms with Crippen LogP contribution in [0.25, 0.3) is 0 Å². The van der Waals surface area contributed by atoms with Crippen molar-refractivity contribution in [3.8, 4) is 0 Å². The molecule has 7 rings (SSSR count). The van der Waals surface area contributed by atoms with Crippen LogP contribution in [0.4, 0.5) is 0 Å². The van der Waals surface area contributed by atoms with Crippen molar-refractivity contribution in [2.75, 3.05) is 0 Å². The molecule has 16 heteroatoms. The van der Waals surface area contributed by atoms with Crippen molar-refractivity contribution in [1.82, 2.24) is 0 Å². The molecule has 19 atom stereocenters. The molecule has 0 spiro atoms. The lowest BCUT2D eigenvalue weighted by molar-refractivity contribution is -0.391. The summed E-state index contributed by atoms with van der Waals surface area (Å²) < 4.78 is 23.1. The third-order valence-corrected chi connectivity index (χ3v) is 17.2. The molecule has 0 aromatic rings. The first-order valence-electron chi connectivity index (χ1n) is 20.7. The highest BCUT2D eigenvalue weighted by atomic mass is 16.8. The maximum atomic E-state index is 14.8. The van der Waals surface area contributed by atoms with E-state index in [0.717, 1.165) is 24.8 Å². The van der Waals surface area contributed by atoms with E-state index < -0.39 is 107 Å². The highest BCUT2D eigenvalue weighted by molar-refractivity contribution is 5.95. The monoisotopic (exact) mass is 819 g/mol. The number of hydrogen-bond donors (Lipinski definition) is 5. The fraction of sp³-hybridized carbons (Fsp3) is 0.857. The summed E-state index contributed by atoms with van der Waals surface area (Å²) >= 11 is 0. The standard InChI is InChI=1S/C42H62O16/c1-37(2)21-8-11-42(7)31(20(43)16-18-19-17-39(4,36(53)54)13-12-38(19,3)14-15-41(18,42)6)40(21,5)10-9-22(37)55-35-30(26(47)25(46)29(57-35)33(51)52)58-34-27(48)23(44)24(45)28(56-34)32(49)50/h16,19,21-31,34-35,44-48H,8-15,17H2,1-7H3,(H,49,50)(H,51,52)(H,53,54)/p-3/t19?,21?,22?,23-,24-,25-,26-,27?,28?,29?,30?,31?,34-,35-,38+,39-,40-,41+,42+/m0/s1. The number of rotatable bonds is 7. The minimum absolute atomic E-state index is 0.0357. The van der Waals surface area contributed by atoms with Gasteiger partial charge in [-0.15, -0.1) is 0 Å². The molecule has 326 valence electrons. The topological polar surface area (TPSA) is 276 Å². The molecular weight excluding hydrogens is 760 g/mol. The van der Waals surface area contributed by atoms with Crippen molar-refractivity contribution in [3.63, 3.8) is 0 Å². The number of ether oxygens (including phenoxy) is 4. The molecule has 6 fully saturated rings. The summed E-state index contributed by atoms with van der Waals surface area (Å²) in [5.74, 6) is -5.37. The van der Waals surface area contributed by atoms with Crippen LogP contribution in [0.3, 0.4) is 0 Å². The molecule has 7 aliphatic rings. The van der Waals surface area contributed by atoms with Crippen molar-refractivity contribution >= 4 is 23.7 Å². The van der Waals surface area contributed by atoms with Gasteiger partial charge in [-0.2, -0.15) is 0 Å². The van der Waals surface area contributed by atoms with E-state index in [1.165, 1.54) is 0 Å². The molecule has 0 aromatic carbocycles. The van der Waals surface area contributed by atoms with Crippen molar-refractivity contribution in [1.29, 1.82) is 0 Å². The van der Waals surface area contributed by atoms with Crippen LogP contribution in [-0.4, -0.2) is 117 Å². The third-order valence-electron chi connectivity index (χ3n) is 17.2. The molecule has 2 saturated heterocycles. The molecule has 16 nitrogen and oxygen atoms in total. The van der Waals surface area contributed by atoms with Crippen LogP contribution in [0.5, 0.6) is 0 Å². The third kappa shape index (κ3) is 6.25. The molecule has 2 aliphatic heterocycles. The Balaban J connectivity index is 1.17. The average Bonchev–Trinajstić information content (AvgIpc) is 3.13. The second kappa shape index (κ2) is 14.3. The van der Waals surface area contributed by atoms with Crippen molar-refractivity contribution in [3.05, 3.63) is 11.6 Å². The number of aliphatic carboxylic acids is 3. The Morgan fingerprint density at radius 1 is 0.707 bits per heavy atom. The number of allylic oxidation sites excluding steroid dienone is 2. The van der Waals surface area contributed by atoms with Gasteiger partial charge in [0.05, 0.1) is 18.0 Å². The van der Waals surface area contributed by atoms with Crippen LogP contribution in [-0.2, 0) is 38.1 Å². The zero-order valence-corrected chi connectivity index (χ0v) is 34.3. The summed E-state index contributed by atoms with van der Waals surface area (Å²) in [5.41, 5.74) is -2.11. The summed E-state index contributed by atoms with van der Waals surface area (Å²) in [6, 6.07) is 0. The van der Waals surface area contributed by atoms with E-state index in [0.29, 0.717) is 38.5 Å². The lowest BCUT2D eigenvalue weighted by atomic mass is 9.33. The van der Waals surface area contributed by atoms with Gasteiger partial charge in [0, 0.05) is 17.3 Å². The fourth-order valence-electron chi connectivity index (χ4n) is 13.3. The summed E-state index contributed by atoms with van der Waals surface area (Å²) in [6.45, 7) is 14.6. The number of ketones is 1. The van der Waals surface area contributed by atoms with Gasteiger partial charge in [0.25, 0.3) is 0 Å². The van der Waals surface area contributed by atoms with E-state index in [1.807, 2.05) is 19.9 Å². The van der Waals surface area contributed by atoms with Gasteiger partial charge in [0.15, 0.2) is 18.4 Å². The molecule has 2 heterocycles. The van der Waals surface area contributed by atoms with Crippen LogP contribution in [0.2, 0.25) is 0 Å².